The summed E-state index contributed by atoms with van der Waals surface area (Å²) in [4.78, 5) is 39.1. The predicted octanol–water partition coefficient (Wildman–Crippen LogP) is 3.19. The molecule has 0 bridgehead atoms. The molecule has 2 N–H and O–H groups in total. The van der Waals surface area contributed by atoms with E-state index in [1.807, 2.05) is 42.5 Å². The number of Topliss-reactive ketones (excluding diaryl/α,β-unsaturated/α-hetero) is 1. The molecule has 0 saturated carbocycles. The molecule has 1 aliphatic rings. The minimum Gasteiger partial charge on any atom is -0.497 e. The summed E-state index contributed by atoms with van der Waals surface area (Å²) in [5.41, 5.74) is 1.67. The van der Waals surface area contributed by atoms with Crippen molar-refractivity contribution in [1.29, 1.82) is 0 Å². The number of benzene rings is 2. The van der Waals surface area contributed by atoms with Crippen LogP contribution in [0.3, 0.4) is 0 Å². The molecule has 1 saturated heterocycles. The Balaban J connectivity index is 1.73. The van der Waals surface area contributed by atoms with E-state index >= 15 is 0 Å². The van der Waals surface area contributed by atoms with Gasteiger partial charge in [0.2, 0.25) is 5.91 Å². The summed E-state index contributed by atoms with van der Waals surface area (Å²) in [5.74, 6) is -0.879. The molecular weight excluding hydrogens is 468 g/mol. The number of likely N-dealkylation sites (tertiary alicyclic amines) is 1. The van der Waals surface area contributed by atoms with Crippen molar-refractivity contribution in [2.75, 3.05) is 20.8 Å². The number of ether oxygens (including phenoxy) is 2. The Hall–Kier alpha value is -3.46. The highest BCUT2D eigenvalue weighted by atomic mass is 32.1. The molecular formula is C26H30N2O6S. The second-order valence-corrected chi connectivity index (χ2v) is 8.86. The Morgan fingerprint density at radius 1 is 1.09 bits per heavy atom. The highest BCUT2D eigenvalue weighted by Gasteiger charge is 2.42. The normalized spacial score (nSPS) is 18.0. The fourth-order valence-electron chi connectivity index (χ4n) is 4.44. The van der Waals surface area contributed by atoms with E-state index in [2.05, 4.69) is 5.32 Å². The van der Waals surface area contributed by atoms with Crippen molar-refractivity contribution in [3.63, 3.8) is 0 Å². The first-order chi connectivity index (χ1) is 16.8. The maximum Gasteiger partial charge on any atom is 0.326 e. The van der Waals surface area contributed by atoms with Crippen LogP contribution in [-0.4, -0.2) is 59.5 Å². The molecule has 0 radical (unpaired) electrons. The van der Waals surface area contributed by atoms with Gasteiger partial charge in [-0.2, -0.15) is 0 Å². The lowest BCUT2D eigenvalue weighted by atomic mass is 9.95. The minimum atomic E-state index is -1.06. The van der Waals surface area contributed by atoms with Gasteiger partial charge in [-0.05, 0) is 49.9 Å². The van der Waals surface area contributed by atoms with Crippen LogP contribution in [-0.2, 0) is 20.8 Å². The Bertz CT molecular complexity index is 1090. The number of amides is 1. The number of nitrogens with zero attached hydrogens (tertiary/aromatic N) is 1. The summed E-state index contributed by atoms with van der Waals surface area (Å²) in [5, 5.41) is 12.7. The lowest BCUT2D eigenvalue weighted by Crippen LogP contribution is -2.47. The van der Waals surface area contributed by atoms with Gasteiger partial charge in [0, 0.05) is 5.56 Å². The first-order valence-electron chi connectivity index (χ1n) is 11.3. The molecule has 3 rings (SSSR count). The predicted molar refractivity (Wildman–Crippen MR) is 135 cm³/mol. The van der Waals surface area contributed by atoms with E-state index in [-0.39, 0.29) is 17.3 Å². The minimum absolute atomic E-state index is 0.123. The maximum atomic E-state index is 13.3. The summed E-state index contributed by atoms with van der Waals surface area (Å²) in [6.45, 7) is 1.25. The molecule has 0 aliphatic carbocycles. The Morgan fingerprint density at radius 3 is 2.37 bits per heavy atom. The highest BCUT2D eigenvalue weighted by Crippen LogP contribution is 2.40. The van der Waals surface area contributed by atoms with Crippen LogP contribution in [0.4, 0.5) is 0 Å². The smallest absolute Gasteiger partial charge is 0.326 e. The molecule has 2 aromatic carbocycles. The fraction of sp³-hybridized carbons (Fsp3) is 0.385. The zero-order valence-corrected chi connectivity index (χ0v) is 20.8. The van der Waals surface area contributed by atoms with Gasteiger partial charge in [-0.1, -0.05) is 42.5 Å². The number of carbonyl (C=O) groups is 3. The van der Waals surface area contributed by atoms with Crippen molar-refractivity contribution in [1.82, 2.24) is 10.2 Å². The maximum absolute atomic E-state index is 13.3. The van der Waals surface area contributed by atoms with Gasteiger partial charge in [0.05, 0.1) is 37.7 Å². The Kier molecular flexibility index (Phi) is 8.81. The number of hydrogen-bond donors (Lipinski definition) is 2. The van der Waals surface area contributed by atoms with E-state index in [0.29, 0.717) is 30.8 Å². The van der Waals surface area contributed by atoms with Crippen LogP contribution >= 0.6 is 12.2 Å². The third-order valence-corrected chi connectivity index (χ3v) is 6.70. The van der Waals surface area contributed by atoms with E-state index in [1.165, 1.54) is 11.8 Å². The standard InChI is InChI=1S/C26H30N2O6S/c1-16(29)20(14-17-8-10-18(33-2)11-9-17)25(35)27-15-24(30)28-21(12-13-22(28)26(31)32)19-6-4-5-7-23(19)34-3/h4-11,20-22H,12-15H2,1-3H3,(H,27,35)(H,31,32)/t20?,21?,22-/m0/s1. The number of carbonyl (C=O) groups excluding carboxylic acids is 2. The molecule has 3 atom stereocenters. The van der Waals surface area contributed by atoms with Crippen molar-refractivity contribution >= 4 is 34.9 Å². The number of hydrogen-bond acceptors (Lipinski definition) is 6. The average Bonchev–Trinajstić information content (AvgIpc) is 3.31. The number of thiocarbonyl (C=S) groups is 1. The molecule has 35 heavy (non-hydrogen) atoms. The Morgan fingerprint density at radius 2 is 1.77 bits per heavy atom. The van der Waals surface area contributed by atoms with Gasteiger partial charge in [0.15, 0.2) is 0 Å². The summed E-state index contributed by atoms with van der Waals surface area (Å²) in [7, 11) is 3.12. The number of rotatable bonds is 10. The molecule has 2 aromatic rings. The monoisotopic (exact) mass is 498 g/mol. The average molecular weight is 499 g/mol. The number of nitrogens with one attached hydrogen (secondary N) is 1. The van der Waals surface area contributed by atoms with Gasteiger partial charge < -0.3 is 24.8 Å². The third kappa shape index (κ3) is 6.16. The first-order valence-corrected chi connectivity index (χ1v) is 11.8. The van der Waals surface area contributed by atoms with Gasteiger partial charge in [-0.3, -0.25) is 9.59 Å². The molecule has 1 amide bonds. The molecule has 1 fully saturated rings. The largest absolute Gasteiger partial charge is 0.497 e. The molecule has 0 aromatic heterocycles. The van der Waals surface area contributed by atoms with E-state index in [1.54, 1.807) is 20.3 Å². The third-order valence-electron chi connectivity index (χ3n) is 6.28. The van der Waals surface area contributed by atoms with Gasteiger partial charge in [0.1, 0.15) is 23.3 Å². The van der Waals surface area contributed by atoms with Crippen LogP contribution < -0.4 is 14.8 Å². The van der Waals surface area contributed by atoms with Gasteiger partial charge in [0.25, 0.3) is 0 Å². The van der Waals surface area contributed by atoms with Gasteiger partial charge >= 0.3 is 5.97 Å². The molecule has 1 heterocycles. The highest BCUT2D eigenvalue weighted by molar-refractivity contribution is 7.80. The van der Waals surface area contributed by atoms with E-state index in [4.69, 9.17) is 21.7 Å². The van der Waals surface area contributed by atoms with Gasteiger partial charge in [-0.25, -0.2) is 4.79 Å². The molecule has 1 aliphatic heterocycles. The lowest BCUT2D eigenvalue weighted by molar-refractivity contribution is -0.149. The van der Waals surface area contributed by atoms with Crippen molar-refractivity contribution < 1.29 is 29.0 Å². The van der Waals surface area contributed by atoms with Crippen molar-refractivity contribution in [2.24, 2.45) is 5.92 Å². The molecule has 8 nitrogen and oxygen atoms in total. The number of methoxy groups -OCH3 is 2. The van der Waals surface area contributed by atoms with Crippen LogP contribution in [0, 0.1) is 5.92 Å². The second-order valence-electron chi connectivity index (χ2n) is 8.42. The molecule has 186 valence electrons. The fourth-order valence-corrected chi connectivity index (χ4v) is 4.77. The lowest BCUT2D eigenvalue weighted by Gasteiger charge is -2.30. The number of aliphatic carboxylic acids is 1. The summed E-state index contributed by atoms with van der Waals surface area (Å²) >= 11 is 5.47. The number of carboxylic acid groups (broad SMARTS) is 1. The number of ketones is 1. The van der Waals surface area contributed by atoms with Crippen LogP contribution in [0.5, 0.6) is 11.5 Å². The Labute approximate surface area is 210 Å². The van der Waals surface area contributed by atoms with Crippen molar-refractivity contribution in [2.45, 2.75) is 38.3 Å². The van der Waals surface area contributed by atoms with Crippen LogP contribution in [0.1, 0.15) is 36.9 Å². The summed E-state index contributed by atoms with van der Waals surface area (Å²) < 4.78 is 10.6. The van der Waals surface area contributed by atoms with Crippen molar-refractivity contribution in [3.05, 3.63) is 59.7 Å². The molecule has 9 heteroatoms. The zero-order chi connectivity index (χ0) is 25.5. The number of carboxylic acids is 1. The van der Waals surface area contributed by atoms with E-state index < -0.39 is 29.9 Å². The number of para-hydroxylation sites is 1. The topological polar surface area (TPSA) is 105 Å². The first kappa shape index (κ1) is 26.2. The van der Waals surface area contributed by atoms with Crippen molar-refractivity contribution in [3.8, 4) is 11.5 Å². The van der Waals surface area contributed by atoms with Crippen LogP contribution in [0.25, 0.3) is 0 Å². The quantitative estimate of drug-likeness (QED) is 0.481. The van der Waals surface area contributed by atoms with E-state index in [0.717, 1.165) is 11.1 Å². The molecule has 2 unspecified atom stereocenters. The summed E-state index contributed by atoms with van der Waals surface area (Å²) in [6, 6.07) is 13.2. The second kappa shape index (κ2) is 11.8. The van der Waals surface area contributed by atoms with Crippen LogP contribution in [0.2, 0.25) is 0 Å². The van der Waals surface area contributed by atoms with Crippen LogP contribution in [0.15, 0.2) is 48.5 Å². The SMILES string of the molecule is COc1ccc(CC(C(C)=O)C(=S)NCC(=O)N2C(c3ccccc3OC)CC[C@H]2C(=O)O)cc1. The molecule has 0 spiro atoms. The van der Waals surface area contributed by atoms with E-state index in [9.17, 15) is 19.5 Å². The zero-order valence-electron chi connectivity index (χ0n) is 20.0. The summed E-state index contributed by atoms with van der Waals surface area (Å²) in [6.07, 6.45) is 1.22. The van der Waals surface area contributed by atoms with Gasteiger partial charge in [-0.15, -0.1) is 0 Å².